The number of halogens is 2. The van der Waals surface area contributed by atoms with Gasteiger partial charge >= 0.3 is 5.97 Å². The summed E-state index contributed by atoms with van der Waals surface area (Å²) in [6.07, 6.45) is -0.0544. The first kappa shape index (κ1) is 21.4. The number of nitrogens with zero attached hydrogens (tertiary/aromatic N) is 2. The van der Waals surface area contributed by atoms with Crippen LogP contribution in [0, 0.1) is 16.7 Å². The maximum absolute atomic E-state index is 12.9. The van der Waals surface area contributed by atoms with Crippen molar-refractivity contribution in [2.45, 2.75) is 35.1 Å². The summed E-state index contributed by atoms with van der Waals surface area (Å²) in [4.78, 5) is 24.6. The molecule has 2 unspecified atom stereocenters. The number of carboxylic acids is 1. The molecular formula is C16H17Cl2N3O5S. The first-order chi connectivity index (χ1) is 12.1. The number of likely N-dealkylation sites (tertiary alicyclic amines) is 1. The monoisotopic (exact) mass is 433 g/mol. The molecule has 0 bridgehead atoms. The first-order valence-corrected chi connectivity index (χ1v) is 9.75. The van der Waals surface area contributed by atoms with Crippen LogP contribution in [-0.4, -0.2) is 54.2 Å². The van der Waals surface area contributed by atoms with Crippen LogP contribution < -0.4 is 5.73 Å². The molecule has 3 N–H and O–H groups in total. The van der Waals surface area contributed by atoms with Crippen molar-refractivity contribution in [2.75, 3.05) is 6.54 Å². The predicted molar refractivity (Wildman–Crippen MR) is 98.1 cm³/mol. The molecule has 0 aromatic heterocycles. The Labute approximate surface area is 167 Å². The Balaban J connectivity index is 0.00000261. The van der Waals surface area contributed by atoms with Crippen molar-refractivity contribution in [2.24, 2.45) is 11.1 Å². The first-order valence-electron chi connectivity index (χ1n) is 7.83. The molecule has 0 spiro atoms. The minimum absolute atomic E-state index is 0. The number of primary amides is 1. The Bertz CT molecular complexity index is 932. The highest BCUT2D eigenvalue weighted by Gasteiger charge is 2.66. The van der Waals surface area contributed by atoms with Gasteiger partial charge < -0.3 is 10.8 Å². The third kappa shape index (κ3) is 3.38. The molecule has 11 heteroatoms. The predicted octanol–water partition coefficient (Wildman–Crippen LogP) is 0.831. The third-order valence-corrected chi connectivity index (χ3v) is 7.76. The van der Waals surface area contributed by atoms with Gasteiger partial charge in [-0.3, -0.25) is 14.5 Å². The molecule has 1 aromatic rings. The highest BCUT2D eigenvalue weighted by Crippen LogP contribution is 2.51. The molecule has 1 heterocycles. The largest absolute Gasteiger partial charge is 0.480 e. The van der Waals surface area contributed by atoms with E-state index in [0.717, 1.165) is 0 Å². The number of aliphatic carboxylic acids is 1. The molecule has 146 valence electrons. The Hall–Kier alpha value is -1.86. The second-order valence-corrected chi connectivity index (χ2v) is 9.16. The fourth-order valence-electron chi connectivity index (χ4n) is 3.57. The lowest BCUT2D eigenvalue weighted by Gasteiger charge is -2.22. The summed E-state index contributed by atoms with van der Waals surface area (Å²) in [5, 5.41) is 17.8. The van der Waals surface area contributed by atoms with Crippen LogP contribution in [0.5, 0.6) is 0 Å². The van der Waals surface area contributed by atoms with E-state index in [1.54, 1.807) is 6.07 Å². The van der Waals surface area contributed by atoms with E-state index in [1.165, 1.54) is 23.1 Å². The standard InChI is InChI=1S/C16H16ClN3O5S.ClH/c17-10-3-1-2-4-12(10)26(24,25)9-5-11(14(21)22)20(7-9)13-6-16(13,8-18)15(19)23;/h1-4,9,11,13H,5-7H2,(H2,19,23)(H,21,22);1H/t9-,11+,13?,16?;/m1./s1. The van der Waals surface area contributed by atoms with Crippen molar-refractivity contribution in [3.8, 4) is 6.07 Å². The normalized spacial score (nSPS) is 30.1. The molecule has 1 saturated carbocycles. The third-order valence-electron chi connectivity index (χ3n) is 5.13. The maximum atomic E-state index is 12.9. The molecule has 1 aliphatic carbocycles. The topological polar surface area (TPSA) is 142 Å². The number of hydrogen-bond donors (Lipinski definition) is 2. The van der Waals surface area contributed by atoms with Gasteiger partial charge in [0.1, 0.15) is 6.04 Å². The van der Waals surface area contributed by atoms with E-state index in [-0.39, 0.29) is 41.7 Å². The lowest BCUT2D eigenvalue weighted by molar-refractivity contribution is -0.142. The molecule has 2 aliphatic rings. The number of nitriles is 1. The summed E-state index contributed by atoms with van der Waals surface area (Å²) in [7, 11) is -3.87. The molecule has 4 atom stereocenters. The Morgan fingerprint density at radius 1 is 1.37 bits per heavy atom. The van der Waals surface area contributed by atoms with Crippen molar-refractivity contribution < 1.29 is 23.1 Å². The van der Waals surface area contributed by atoms with E-state index >= 15 is 0 Å². The molecule has 0 radical (unpaired) electrons. The van der Waals surface area contributed by atoms with Crippen molar-refractivity contribution in [3.05, 3.63) is 29.3 Å². The lowest BCUT2D eigenvalue weighted by atomic mass is 10.1. The zero-order valence-corrected chi connectivity index (χ0v) is 16.3. The summed E-state index contributed by atoms with van der Waals surface area (Å²) in [6.45, 7) is -0.105. The molecule has 1 aliphatic heterocycles. The average molecular weight is 434 g/mol. The number of amides is 1. The Kier molecular flexibility index (Phi) is 5.78. The number of carboxylic acid groups (broad SMARTS) is 1. The number of nitrogens with two attached hydrogens (primary N) is 1. The Morgan fingerprint density at radius 3 is 2.48 bits per heavy atom. The summed E-state index contributed by atoms with van der Waals surface area (Å²) in [5.74, 6) is -2.03. The zero-order chi connectivity index (χ0) is 19.3. The average Bonchev–Trinajstić information content (AvgIpc) is 3.16. The minimum atomic E-state index is -3.87. The van der Waals surface area contributed by atoms with E-state index < -0.39 is 44.5 Å². The van der Waals surface area contributed by atoms with Crippen molar-refractivity contribution in [1.82, 2.24) is 4.90 Å². The fourth-order valence-corrected chi connectivity index (χ4v) is 5.80. The van der Waals surface area contributed by atoms with Crippen LogP contribution in [0.2, 0.25) is 5.02 Å². The van der Waals surface area contributed by atoms with E-state index in [0.29, 0.717) is 0 Å². The van der Waals surface area contributed by atoms with Crippen LogP contribution >= 0.6 is 24.0 Å². The van der Waals surface area contributed by atoms with Crippen molar-refractivity contribution in [1.29, 1.82) is 5.26 Å². The second kappa shape index (κ2) is 7.28. The van der Waals surface area contributed by atoms with Crippen molar-refractivity contribution in [3.63, 3.8) is 0 Å². The van der Waals surface area contributed by atoms with E-state index in [1.807, 2.05) is 6.07 Å². The highest BCUT2D eigenvalue weighted by atomic mass is 35.5. The highest BCUT2D eigenvalue weighted by molar-refractivity contribution is 7.92. The number of sulfone groups is 1. The van der Waals surface area contributed by atoms with Crippen LogP contribution in [0.4, 0.5) is 0 Å². The summed E-state index contributed by atoms with van der Waals surface area (Å²) >= 11 is 5.99. The zero-order valence-electron chi connectivity index (χ0n) is 13.9. The van der Waals surface area contributed by atoms with Gasteiger partial charge in [0.2, 0.25) is 5.91 Å². The number of hydrogen-bond acceptors (Lipinski definition) is 6. The van der Waals surface area contributed by atoms with Crippen LogP contribution in [0.3, 0.4) is 0 Å². The molecule has 1 amide bonds. The number of benzene rings is 1. The van der Waals surface area contributed by atoms with Gasteiger partial charge in [-0.1, -0.05) is 23.7 Å². The van der Waals surface area contributed by atoms with Gasteiger partial charge in [0, 0.05) is 12.6 Å². The molecule has 2 fully saturated rings. The minimum Gasteiger partial charge on any atom is -0.480 e. The van der Waals surface area contributed by atoms with Crippen molar-refractivity contribution >= 4 is 45.7 Å². The maximum Gasteiger partial charge on any atom is 0.320 e. The van der Waals surface area contributed by atoms with Gasteiger partial charge in [-0.15, -0.1) is 12.4 Å². The molecule has 8 nitrogen and oxygen atoms in total. The van der Waals surface area contributed by atoms with Gasteiger partial charge in [0.15, 0.2) is 15.3 Å². The molecular weight excluding hydrogens is 417 g/mol. The second-order valence-electron chi connectivity index (χ2n) is 6.55. The summed E-state index contributed by atoms with van der Waals surface area (Å²) < 4.78 is 25.8. The number of carbonyl (C=O) groups is 2. The quantitative estimate of drug-likeness (QED) is 0.699. The van der Waals surface area contributed by atoms with Gasteiger partial charge in [0.25, 0.3) is 0 Å². The molecule has 1 saturated heterocycles. The van der Waals surface area contributed by atoms with Gasteiger partial charge in [-0.2, -0.15) is 5.26 Å². The van der Waals surface area contributed by atoms with Gasteiger partial charge in [-0.25, -0.2) is 8.42 Å². The van der Waals surface area contributed by atoms with E-state index in [9.17, 15) is 28.4 Å². The SMILES string of the molecule is Cl.N#CC1(C(N)=O)CC1N1C[C@H](S(=O)(=O)c2ccccc2Cl)C[C@H]1C(=O)O. The van der Waals surface area contributed by atoms with Gasteiger partial charge in [-0.05, 0) is 25.0 Å². The summed E-state index contributed by atoms with van der Waals surface area (Å²) in [6, 6.07) is 6.00. The van der Waals surface area contributed by atoms with Crippen LogP contribution in [0.15, 0.2) is 29.2 Å². The van der Waals surface area contributed by atoms with Crippen LogP contribution in [0.25, 0.3) is 0 Å². The smallest absolute Gasteiger partial charge is 0.320 e. The summed E-state index contributed by atoms with van der Waals surface area (Å²) in [5.41, 5.74) is 3.82. The number of rotatable bonds is 5. The van der Waals surface area contributed by atoms with E-state index in [4.69, 9.17) is 17.3 Å². The molecule has 27 heavy (non-hydrogen) atoms. The lowest BCUT2D eigenvalue weighted by Crippen LogP contribution is -2.42. The molecule has 3 rings (SSSR count). The van der Waals surface area contributed by atoms with E-state index in [2.05, 4.69) is 0 Å². The van der Waals surface area contributed by atoms with Crippen LogP contribution in [-0.2, 0) is 19.4 Å². The van der Waals surface area contributed by atoms with Crippen LogP contribution in [0.1, 0.15) is 12.8 Å². The fraction of sp³-hybridized carbons (Fsp3) is 0.438. The molecule has 1 aromatic carbocycles. The van der Waals surface area contributed by atoms with Gasteiger partial charge in [0.05, 0.1) is 21.2 Å². The number of carbonyl (C=O) groups excluding carboxylic acids is 1. The Morgan fingerprint density at radius 2 is 2.00 bits per heavy atom.